The zero-order valence-corrected chi connectivity index (χ0v) is 18.3. The molecule has 1 aliphatic rings. The van der Waals surface area contributed by atoms with Gasteiger partial charge in [0.25, 0.3) is 0 Å². The average molecular weight is 445 g/mol. The first-order chi connectivity index (χ1) is 14.2. The molecule has 0 radical (unpaired) electrons. The summed E-state index contributed by atoms with van der Waals surface area (Å²) in [5, 5.41) is 2.28. The fraction of sp³-hybridized carbons (Fsp3) is 0.273. The lowest BCUT2D eigenvalue weighted by atomic mass is 10.1. The highest BCUT2D eigenvalue weighted by molar-refractivity contribution is 7.91. The molecule has 0 N–H and O–H groups in total. The Labute approximate surface area is 179 Å². The maximum absolute atomic E-state index is 13.4. The van der Waals surface area contributed by atoms with Crippen molar-refractivity contribution in [3.05, 3.63) is 64.8 Å². The molecule has 30 heavy (non-hydrogen) atoms. The number of thiazole rings is 1. The summed E-state index contributed by atoms with van der Waals surface area (Å²) in [5.41, 5.74) is 4.04. The van der Waals surface area contributed by atoms with E-state index < -0.39 is 15.8 Å². The minimum absolute atomic E-state index is 0.0305. The summed E-state index contributed by atoms with van der Waals surface area (Å²) < 4.78 is 37.2. The van der Waals surface area contributed by atoms with Crippen LogP contribution in [0.4, 0.5) is 15.2 Å². The summed E-state index contributed by atoms with van der Waals surface area (Å²) in [6.07, 6.45) is 0.318. The maximum atomic E-state index is 13.4. The van der Waals surface area contributed by atoms with Crippen LogP contribution in [-0.4, -0.2) is 30.8 Å². The van der Waals surface area contributed by atoms with Crippen molar-refractivity contribution in [1.29, 1.82) is 0 Å². The van der Waals surface area contributed by atoms with Gasteiger partial charge >= 0.3 is 0 Å². The smallest absolute Gasteiger partial charge is 0.237 e. The minimum atomic E-state index is -3.20. The van der Waals surface area contributed by atoms with Crippen LogP contribution < -0.4 is 4.90 Å². The van der Waals surface area contributed by atoms with Crippen LogP contribution in [0.5, 0.6) is 0 Å². The lowest BCUT2D eigenvalue weighted by molar-refractivity contribution is -0.120. The first kappa shape index (κ1) is 20.7. The summed E-state index contributed by atoms with van der Waals surface area (Å²) in [5.74, 6) is -1.29. The Balaban J connectivity index is 1.76. The van der Waals surface area contributed by atoms with Crippen molar-refractivity contribution in [3.63, 3.8) is 0 Å². The minimum Gasteiger partial charge on any atom is -0.274 e. The fourth-order valence-corrected chi connectivity index (χ4v) is 6.29. The van der Waals surface area contributed by atoms with Crippen molar-refractivity contribution in [2.75, 3.05) is 16.4 Å². The number of rotatable bonds is 4. The number of carbonyl (C=O) groups is 1. The van der Waals surface area contributed by atoms with Gasteiger partial charge in [0.1, 0.15) is 5.82 Å². The summed E-state index contributed by atoms with van der Waals surface area (Å²) in [7, 11) is -3.20. The van der Waals surface area contributed by atoms with Gasteiger partial charge in [0.2, 0.25) is 5.91 Å². The quantitative estimate of drug-likeness (QED) is 0.587. The van der Waals surface area contributed by atoms with E-state index >= 15 is 0 Å². The molecule has 1 saturated heterocycles. The van der Waals surface area contributed by atoms with Crippen molar-refractivity contribution in [2.24, 2.45) is 5.92 Å². The molecule has 1 aliphatic heterocycles. The van der Waals surface area contributed by atoms with Gasteiger partial charge in [0, 0.05) is 10.9 Å². The van der Waals surface area contributed by atoms with Crippen molar-refractivity contribution in [1.82, 2.24) is 4.98 Å². The Hall–Kier alpha value is -2.58. The van der Waals surface area contributed by atoms with Crippen LogP contribution in [0.2, 0.25) is 0 Å². The number of anilines is 2. The molecular formula is C22H21FN2O3S2. The first-order valence-electron chi connectivity index (χ1n) is 9.56. The van der Waals surface area contributed by atoms with Crippen molar-refractivity contribution >= 4 is 37.9 Å². The second-order valence-electron chi connectivity index (χ2n) is 7.64. The van der Waals surface area contributed by atoms with Gasteiger partial charge in [-0.05, 0) is 67.8 Å². The molecule has 2 heterocycles. The highest BCUT2D eigenvalue weighted by Crippen LogP contribution is 2.36. The lowest BCUT2D eigenvalue weighted by Crippen LogP contribution is -2.33. The van der Waals surface area contributed by atoms with Gasteiger partial charge in [-0.3, -0.25) is 9.69 Å². The van der Waals surface area contributed by atoms with E-state index in [1.807, 2.05) is 37.4 Å². The summed E-state index contributed by atoms with van der Waals surface area (Å²) in [4.78, 5) is 19.6. The third kappa shape index (κ3) is 4.29. The molecule has 2 aromatic carbocycles. The molecule has 0 unspecified atom stereocenters. The molecule has 0 saturated carbocycles. The molecule has 1 aromatic heterocycles. The Morgan fingerprint density at radius 2 is 1.80 bits per heavy atom. The van der Waals surface area contributed by atoms with Gasteiger partial charge in [-0.25, -0.2) is 17.8 Å². The van der Waals surface area contributed by atoms with Gasteiger partial charge in [0.05, 0.1) is 28.8 Å². The lowest BCUT2D eigenvalue weighted by Gasteiger charge is -2.23. The third-order valence-electron chi connectivity index (χ3n) is 5.09. The Morgan fingerprint density at radius 3 is 2.40 bits per heavy atom. The maximum Gasteiger partial charge on any atom is 0.237 e. The summed E-state index contributed by atoms with van der Waals surface area (Å²) in [6.45, 7) is 3.90. The number of halogens is 1. The number of hydrogen-bond acceptors (Lipinski definition) is 5. The van der Waals surface area contributed by atoms with Gasteiger partial charge in [0.15, 0.2) is 15.0 Å². The van der Waals surface area contributed by atoms with Gasteiger partial charge in [-0.1, -0.05) is 6.07 Å². The molecule has 1 fully saturated rings. The molecule has 0 aliphatic carbocycles. The highest BCUT2D eigenvalue weighted by Gasteiger charge is 2.37. The van der Waals surface area contributed by atoms with Crippen LogP contribution in [-0.2, 0) is 14.6 Å². The Kier molecular flexibility index (Phi) is 5.46. The van der Waals surface area contributed by atoms with Crippen LogP contribution in [0.1, 0.15) is 17.5 Å². The van der Waals surface area contributed by atoms with Crippen LogP contribution in [0.3, 0.4) is 0 Å². The van der Waals surface area contributed by atoms with Crippen molar-refractivity contribution < 1.29 is 17.6 Å². The number of amides is 1. The number of carbonyl (C=O) groups excluding carboxylic acids is 1. The predicted molar refractivity (Wildman–Crippen MR) is 117 cm³/mol. The van der Waals surface area contributed by atoms with E-state index in [0.29, 0.717) is 22.9 Å². The van der Waals surface area contributed by atoms with E-state index in [1.165, 1.54) is 28.4 Å². The molecule has 1 atom stereocenters. The number of hydrogen-bond donors (Lipinski definition) is 0. The summed E-state index contributed by atoms with van der Waals surface area (Å²) >= 11 is 1.30. The van der Waals surface area contributed by atoms with Crippen LogP contribution in [0.15, 0.2) is 47.8 Å². The van der Waals surface area contributed by atoms with E-state index in [9.17, 15) is 17.6 Å². The number of aromatic nitrogens is 1. The molecule has 8 heteroatoms. The number of benzene rings is 2. The van der Waals surface area contributed by atoms with E-state index in [2.05, 4.69) is 4.98 Å². The van der Waals surface area contributed by atoms with E-state index in [4.69, 9.17) is 0 Å². The largest absolute Gasteiger partial charge is 0.274 e. The van der Waals surface area contributed by atoms with Crippen molar-refractivity contribution in [2.45, 2.75) is 20.3 Å². The van der Waals surface area contributed by atoms with Gasteiger partial charge in [-0.2, -0.15) is 0 Å². The Morgan fingerprint density at radius 1 is 1.13 bits per heavy atom. The van der Waals surface area contributed by atoms with Crippen LogP contribution >= 0.6 is 11.3 Å². The molecule has 0 bridgehead atoms. The standard InChI is InChI=1S/C22H21FN2O3S2/c1-14-9-15(2)11-19(10-14)25(21(26)17-7-8-30(27,28)13-17)22-24-20(12-29-22)16-3-5-18(23)6-4-16/h3-6,9-12,17H,7-8,13H2,1-2H3/t17-/m0/s1. The topological polar surface area (TPSA) is 67.3 Å². The predicted octanol–water partition coefficient (Wildman–Crippen LogP) is 4.67. The first-order valence-corrected chi connectivity index (χ1v) is 12.3. The number of nitrogens with zero attached hydrogens (tertiary/aromatic N) is 2. The average Bonchev–Trinajstić information content (AvgIpc) is 3.28. The molecule has 3 aromatic rings. The molecule has 156 valence electrons. The molecule has 5 nitrogen and oxygen atoms in total. The molecule has 4 rings (SSSR count). The second kappa shape index (κ2) is 7.92. The zero-order chi connectivity index (χ0) is 21.5. The van der Waals surface area contributed by atoms with E-state index in [-0.39, 0.29) is 23.2 Å². The SMILES string of the molecule is Cc1cc(C)cc(N(C(=O)[C@H]2CCS(=O)(=O)C2)c2nc(-c3ccc(F)cc3)cs2)c1. The van der Waals surface area contributed by atoms with Crippen LogP contribution in [0.25, 0.3) is 11.3 Å². The Bertz CT molecular complexity index is 1180. The van der Waals surface area contributed by atoms with E-state index in [1.54, 1.807) is 12.1 Å². The van der Waals surface area contributed by atoms with Gasteiger partial charge in [-0.15, -0.1) is 11.3 Å². The molecule has 1 amide bonds. The van der Waals surface area contributed by atoms with Crippen LogP contribution in [0, 0.1) is 25.6 Å². The highest BCUT2D eigenvalue weighted by atomic mass is 32.2. The fourth-order valence-electron chi connectivity index (χ4n) is 3.70. The molecular weight excluding hydrogens is 423 g/mol. The summed E-state index contributed by atoms with van der Waals surface area (Å²) in [6, 6.07) is 11.8. The monoisotopic (exact) mass is 444 g/mol. The second-order valence-corrected chi connectivity index (χ2v) is 10.7. The normalized spacial score (nSPS) is 17.8. The van der Waals surface area contributed by atoms with Crippen molar-refractivity contribution in [3.8, 4) is 11.3 Å². The number of aryl methyl sites for hydroxylation is 2. The van der Waals surface area contributed by atoms with E-state index in [0.717, 1.165) is 16.7 Å². The van der Waals surface area contributed by atoms with Gasteiger partial charge < -0.3 is 0 Å². The molecule has 0 spiro atoms. The third-order valence-corrected chi connectivity index (χ3v) is 7.68. The zero-order valence-electron chi connectivity index (χ0n) is 16.6. The number of sulfone groups is 1.